The minimum Gasteiger partial charge on any atom is -0.294 e. The van der Waals surface area contributed by atoms with E-state index in [0.717, 1.165) is 11.3 Å². The Morgan fingerprint density at radius 3 is 2.67 bits per heavy atom. The minimum absolute atomic E-state index is 0.0273. The third-order valence-corrected chi connectivity index (χ3v) is 3.41. The predicted octanol–water partition coefficient (Wildman–Crippen LogP) is 3.95. The van der Waals surface area contributed by atoms with Crippen LogP contribution in [-0.2, 0) is 6.42 Å². The molecule has 0 saturated heterocycles. The van der Waals surface area contributed by atoms with E-state index in [0.29, 0.717) is 17.0 Å². The van der Waals surface area contributed by atoms with Gasteiger partial charge in [0.05, 0.1) is 17.4 Å². The van der Waals surface area contributed by atoms with Gasteiger partial charge in [-0.25, -0.2) is 4.68 Å². The average Bonchev–Trinajstić information content (AvgIpc) is 2.98. The highest BCUT2D eigenvalue weighted by atomic mass is 35.5. The normalized spacial score (nSPS) is 10.5. The van der Waals surface area contributed by atoms with Gasteiger partial charge in [0, 0.05) is 17.6 Å². The van der Waals surface area contributed by atoms with E-state index in [4.69, 9.17) is 11.6 Å². The lowest BCUT2D eigenvalue weighted by Gasteiger charge is -2.00. The van der Waals surface area contributed by atoms with Gasteiger partial charge in [0.25, 0.3) is 0 Å². The molecule has 3 nitrogen and oxygen atoms in total. The van der Waals surface area contributed by atoms with Crippen LogP contribution < -0.4 is 0 Å². The van der Waals surface area contributed by atoms with Crippen LogP contribution in [0, 0.1) is 0 Å². The number of rotatable bonds is 4. The fourth-order valence-corrected chi connectivity index (χ4v) is 2.34. The van der Waals surface area contributed by atoms with Crippen LogP contribution in [0.1, 0.15) is 15.9 Å². The highest BCUT2D eigenvalue weighted by molar-refractivity contribution is 6.30. The molecule has 0 spiro atoms. The number of hydrogen-bond donors (Lipinski definition) is 0. The Balaban J connectivity index is 1.78. The molecule has 104 valence electrons. The van der Waals surface area contributed by atoms with E-state index in [1.165, 1.54) is 0 Å². The third-order valence-electron chi connectivity index (χ3n) is 3.18. The summed E-state index contributed by atoms with van der Waals surface area (Å²) in [5.41, 5.74) is 2.43. The smallest absolute Gasteiger partial charge is 0.170 e. The lowest BCUT2D eigenvalue weighted by Crippen LogP contribution is -2.02. The highest BCUT2D eigenvalue weighted by Crippen LogP contribution is 2.14. The van der Waals surface area contributed by atoms with Crippen LogP contribution in [0.3, 0.4) is 0 Å². The second-order valence-electron chi connectivity index (χ2n) is 4.74. The van der Waals surface area contributed by atoms with Crippen molar-refractivity contribution < 1.29 is 4.79 Å². The van der Waals surface area contributed by atoms with Gasteiger partial charge < -0.3 is 0 Å². The van der Waals surface area contributed by atoms with E-state index in [9.17, 15) is 4.79 Å². The standard InChI is InChI=1S/C17H13ClN2O/c18-15-6-4-5-13(9-15)10-17(21)14-11-19-20(12-14)16-7-2-1-3-8-16/h1-9,11-12H,10H2. The molecule has 2 aromatic carbocycles. The van der Waals surface area contributed by atoms with Crippen molar-refractivity contribution in [3.05, 3.63) is 83.1 Å². The van der Waals surface area contributed by atoms with Crippen LogP contribution in [0.2, 0.25) is 5.02 Å². The molecule has 0 saturated carbocycles. The van der Waals surface area contributed by atoms with E-state index in [1.807, 2.05) is 42.5 Å². The number of aromatic nitrogens is 2. The van der Waals surface area contributed by atoms with Gasteiger partial charge in [0.15, 0.2) is 5.78 Å². The molecule has 21 heavy (non-hydrogen) atoms. The van der Waals surface area contributed by atoms with Crippen molar-refractivity contribution in [3.63, 3.8) is 0 Å². The largest absolute Gasteiger partial charge is 0.294 e. The lowest BCUT2D eigenvalue weighted by molar-refractivity contribution is 0.0993. The summed E-state index contributed by atoms with van der Waals surface area (Å²) in [7, 11) is 0. The van der Waals surface area contributed by atoms with E-state index in [2.05, 4.69) is 5.10 Å². The fraction of sp³-hybridized carbons (Fsp3) is 0.0588. The number of halogens is 1. The number of carbonyl (C=O) groups excluding carboxylic acids is 1. The van der Waals surface area contributed by atoms with E-state index >= 15 is 0 Å². The summed E-state index contributed by atoms with van der Waals surface area (Å²) in [6.45, 7) is 0. The summed E-state index contributed by atoms with van der Waals surface area (Å²) in [4.78, 5) is 12.3. The second-order valence-corrected chi connectivity index (χ2v) is 5.18. The number of hydrogen-bond acceptors (Lipinski definition) is 2. The van der Waals surface area contributed by atoms with Crippen molar-refractivity contribution in [2.45, 2.75) is 6.42 Å². The Labute approximate surface area is 127 Å². The van der Waals surface area contributed by atoms with Gasteiger partial charge in [-0.15, -0.1) is 0 Å². The van der Waals surface area contributed by atoms with Crippen LogP contribution in [-0.4, -0.2) is 15.6 Å². The van der Waals surface area contributed by atoms with Crippen molar-refractivity contribution in [1.82, 2.24) is 9.78 Å². The van der Waals surface area contributed by atoms with Gasteiger partial charge in [-0.1, -0.05) is 41.9 Å². The van der Waals surface area contributed by atoms with E-state index in [-0.39, 0.29) is 5.78 Å². The number of carbonyl (C=O) groups is 1. The predicted molar refractivity (Wildman–Crippen MR) is 83.1 cm³/mol. The molecule has 1 aromatic heterocycles. The minimum atomic E-state index is 0.0273. The van der Waals surface area contributed by atoms with Crippen LogP contribution in [0.25, 0.3) is 5.69 Å². The molecular formula is C17H13ClN2O. The Kier molecular flexibility index (Phi) is 3.84. The summed E-state index contributed by atoms with van der Waals surface area (Å²) in [5, 5.41) is 4.88. The first-order chi connectivity index (χ1) is 10.2. The molecule has 3 aromatic rings. The zero-order chi connectivity index (χ0) is 14.7. The molecule has 1 heterocycles. The molecule has 0 fully saturated rings. The Bertz CT molecular complexity index is 765. The van der Waals surface area contributed by atoms with Crippen molar-refractivity contribution in [2.75, 3.05) is 0 Å². The summed E-state index contributed by atoms with van der Waals surface area (Å²) in [6, 6.07) is 17.0. The molecule has 0 aliphatic carbocycles. The Morgan fingerprint density at radius 1 is 1.10 bits per heavy atom. The van der Waals surface area contributed by atoms with Crippen LogP contribution >= 0.6 is 11.6 Å². The van der Waals surface area contributed by atoms with Gasteiger partial charge in [0.1, 0.15) is 0 Å². The van der Waals surface area contributed by atoms with Crippen molar-refractivity contribution >= 4 is 17.4 Å². The zero-order valence-corrected chi connectivity index (χ0v) is 12.0. The summed E-state index contributed by atoms with van der Waals surface area (Å²) < 4.78 is 1.70. The van der Waals surface area contributed by atoms with Crippen molar-refractivity contribution in [3.8, 4) is 5.69 Å². The summed E-state index contributed by atoms with van der Waals surface area (Å²) in [6.07, 6.45) is 3.67. The summed E-state index contributed by atoms with van der Waals surface area (Å²) in [5.74, 6) is 0.0273. The molecule has 0 aliphatic heterocycles. The topological polar surface area (TPSA) is 34.9 Å². The number of para-hydroxylation sites is 1. The molecule has 0 unspecified atom stereocenters. The van der Waals surface area contributed by atoms with E-state index in [1.54, 1.807) is 29.2 Å². The molecule has 0 aliphatic rings. The van der Waals surface area contributed by atoms with Crippen LogP contribution in [0.15, 0.2) is 67.0 Å². The SMILES string of the molecule is O=C(Cc1cccc(Cl)c1)c1cnn(-c2ccccc2)c1. The van der Waals surface area contributed by atoms with E-state index < -0.39 is 0 Å². The van der Waals surface area contributed by atoms with Crippen LogP contribution in [0.4, 0.5) is 0 Å². The zero-order valence-electron chi connectivity index (χ0n) is 11.2. The number of benzene rings is 2. The van der Waals surface area contributed by atoms with Crippen molar-refractivity contribution in [2.24, 2.45) is 0 Å². The molecule has 3 rings (SSSR count). The quantitative estimate of drug-likeness (QED) is 0.683. The fourth-order valence-electron chi connectivity index (χ4n) is 2.12. The van der Waals surface area contributed by atoms with Gasteiger partial charge in [-0.3, -0.25) is 4.79 Å². The maximum absolute atomic E-state index is 12.3. The molecule has 0 N–H and O–H groups in total. The molecule has 4 heteroatoms. The first-order valence-electron chi connectivity index (χ1n) is 6.60. The molecule has 0 amide bonds. The monoisotopic (exact) mass is 296 g/mol. The average molecular weight is 297 g/mol. The van der Waals surface area contributed by atoms with Gasteiger partial charge >= 0.3 is 0 Å². The lowest BCUT2D eigenvalue weighted by atomic mass is 10.1. The molecule has 0 radical (unpaired) electrons. The van der Waals surface area contributed by atoms with Gasteiger partial charge in [-0.05, 0) is 29.8 Å². The third kappa shape index (κ3) is 3.20. The number of nitrogens with zero attached hydrogens (tertiary/aromatic N) is 2. The molecule has 0 bridgehead atoms. The van der Waals surface area contributed by atoms with Gasteiger partial charge in [0.2, 0.25) is 0 Å². The number of Topliss-reactive ketones (excluding diaryl/α,β-unsaturated/α-hetero) is 1. The first kappa shape index (κ1) is 13.6. The Morgan fingerprint density at radius 2 is 1.90 bits per heavy atom. The first-order valence-corrected chi connectivity index (χ1v) is 6.98. The highest BCUT2D eigenvalue weighted by Gasteiger charge is 2.10. The molecule has 0 atom stereocenters. The van der Waals surface area contributed by atoms with Gasteiger partial charge in [-0.2, -0.15) is 5.10 Å². The van der Waals surface area contributed by atoms with Crippen LogP contribution in [0.5, 0.6) is 0 Å². The maximum atomic E-state index is 12.3. The van der Waals surface area contributed by atoms with Crippen molar-refractivity contribution in [1.29, 1.82) is 0 Å². The maximum Gasteiger partial charge on any atom is 0.170 e. The summed E-state index contributed by atoms with van der Waals surface area (Å²) >= 11 is 5.93. The number of ketones is 1. The second kappa shape index (κ2) is 5.94. The Hall–Kier alpha value is -2.39. The molecular weight excluding hydrogens is 284 g/mol.